The Morgan fingerprint density at radius 3 is 2.26 bits per heavy atom. The highest BCUT2D eigenvalue weighted by Crippen LogP contribution is 2.68. The summed E-state index contributed by atoms with van der Waals surface area (Å²) in [5.41, 5.74) is 1.55. The number of ether oxygens (including phenoxy) is 2. The van der Waals surface area contributed by atoms with E-state index in [-0.39, 0.29) is 71.2 Å². The minimum absolute atomic E-state index is 0.00906. The summed E-state index contributed by atoms with van der Waals surface area (Å²) < 4.78 is 13.9. The number of carboxylic acid groups (broad SMARTS) is 1. The van der Waals surface area contributed by atoms with Gasteiger partial charge in [0.25, 0.3) is 0 Å². The van der Waals surface area contributed by atoms with E-state index in [1.807, 2.05) is 46.8 Å². The van der Waals surface area contributed by atoms with Crippen LogP contribution in [0.4, 0.5) is 0 Å². The third-order valence-electron chi connectivity index (χ3n) is 10.6. The fourth-order valence-corrected chi connectivity index (χ4v) is 8.10. The topological polar surface area (TPSA) is 134 Å². The number of ketones is 1. The van der Waals surface area contributed by atoms with Crippen molar-refractivity contribution in [3.63, 3.8) is 0 Å². The lowest BCUT2D eigenvalue weighted by Crippen LogP contribution is -2.73. The Hall–Kier alpha value is -3.62. The van der Waals surface area contributed by atoms with Crippen LogP contribution >= 0.6 is 0 Å². The van der Waals surface area contributed by atoms with E-state index in [2.05, 4.69) is 19.9 Å². The van der Waals surface area contributed by atoms with Gasteiger partial charge in [0.05, 0.1) is 12.2 Å². The predicted octanol–water partition coefficient (Wildman–Crippen LogP) is 7.31. The van der Waals surface area contributed by atoms with Crippen LogP contribution in [0.3, 0.4) is 0 Å². The van der Waals surface area contributed by atoms with Gasteiger partial charge in [0.2, 0.25) is 0 Å². The number of aliphatic hydroxyl groups is 1. The van der Waals surface area contributed by atoms with Crippen molar-refractivity contribution < 1.29 is 39.5 Å². The maximum absolute atomic E-state index is 14.8. The number of allylic oxidation sites excluding steroid dienone is 6. The first-order valence-corrected chi connectivity index (χ1v) is 16.8. The van der Waals surface area contributed by atoms with Gasteiger partial charge in [0, 0.05) is 40.5 Å². The fraction of sp³-hybridized carbons (Fsp3) is 0.538. The molecule has 6 atom stereocenters. The molecule has 0 radical (unpaired) electrons. The smallest absolute Gasteiger partial charge is 0.330 e. The molecular formula is C39H50O8. The van der Waals surface area contributed by atoms with E-state index < -0.39 is 35.0 Å². The van der Waals surface area contributed by atoms with Crippen LogP contribution < -0.4 is 4.74 Å². The van der Waals surface area contributed by atoms with E-state index in [1.165, 1.54) is 18.6 Å². The standard InChI is InChI=1S/C39H50O8/c1-20(2)10-9-11-23(7)13-15-26-31(40)27(14-12-21(3)4)35-30(32(26)41)33(42)28-18-25-19-29-34(22(5)6)46-38(36(25)43,39(28,29)47-35)17-16-24(8)37(44)45/h10,12-13,16,18,22,25,29,34,36,40-41,43H,9,11,14-15,17,19H2,1-8H3,(H,44,45). The third kappa shape index (κ3) is 5.57. The highest BCUT2D eigenvalue weighted by molar-refractivity contribution is 6.16. The van der Waals surface area contributed by atoms with Crippen molar-refractivity contribution >= 4 is 11.8 Å². The molecule has 1 saturated carbocycles. The number of carbonyl (C=O) groups is 2. The highest BCUT2D eigenvalue weighted by Gasteiger charge is 2.79. The molecule has 2 fully saturated rings. The van der Waals surface area contributed by atoms with Crippen LogP contribution in [0.2, 0.25) is 0 Å². The Morgan fingerprint density at radius 2 is 1.64 bits per heavy atom. The molecular weight excluding hydrogens is 596 g/mol. The summed E-state index contributed by atoms with van der Waals surface area (Å²) in [4.78, 5) is 26.6. The number of rotatable bonds is 11. The first kappa shape index (κ1) is 34.7. The molecule has 1 aromatic carbocycles. The van der Waals surface area contributed by atoms with Crippen LogP contribution in [-0.2, 0) is 22.4 Å². The van der Waals surface area contributed by atoms with Gasteiger partial charge in [-0.3, -0.25) is 4.79 Å². The Balaban J connectivity index is 1.71. The average Bonchev–Trinajstić information content (AvgIpc) is 3.22. The van der Waals surface area contributed by atoms with E-state index in [0.717, 1.165) is 24.0 Å². The second-order valence-electron chi connectivity index (χ2n) is 14.7. The van der Waals surface area contributed by atoms with E-state index in [0.29, 0.717) is 17.6 Å². The lowest BCUT2D eigenvalue weighted by atomic mass is 9.51. The predicted molar refractivity (Wildman–Crippen MR) is 181 cm³/mol. The Labute approximate surface area is 278 Å². The molecule has 1 aromatic rings. The molecule has 6 unspecified atom stereocenters. The van der Waals surface area contributed by atoms with Gasteiger partial charge in [0.15, 0.2) is 11.4 Å². The zero-order chi connectivity index (χ0) is 34.6. The van der Waals surface area contributed by atoms with Gasteiger partial charge >= 0.3 is 5.97 Å². The van der Waals surface area contributed by atoms with E-state index in [9.17, 15) is 30.0 Å². The monoisotopic (exact) mass is 646 g/mol. The molecule has 4 N–H and O–H groups in total. The minimum Gasteiger partial charge on any atom is -0.507 e. The number of fused-ring (bicyclic) bond motifs is 1. The van der Waals surface area contributed by atoms with Gasteiger partial charge in [-0.15, -0.1) is 0 Å². The minimum atomic E-state index is -1.45. The van der Waals surface area contributed by atoms with Gasteiger partial charge in [-0.2, -0.15) is 0 Å². The van der Waals surface area contributed by atoms with Crippen LogP contribution in [-0.4, -0.2) is 55.6 Å². The van der Waals surface area contributed by atoms with Crippen LogP contribution in [0.25, 0.3) is 0 Å². The molecule has 1 saturated heterocycles. The maximum atomic E-state index is 14.8. The van der Waals surface area contributed by atoms with E-state index in [4.69, 9.17) is 9.47 Å². The SMILES string of the molecule is CC(C)=CCCC(C)=CCc1c(O)c(CC=C(C)C)c2c(c1O)C(=O)C1=CC3CC4C(C(C)C)OC(CC=C(C)C(=O)O)(C3O)C14O2. The van der Waals surface area contributed by atoms with Crippen molar-refractivity contribution in [1.82, 2.24) is 0 Å². The largest absolute Gasteiger partial charge is 0.507 e. The van der Waals surface area contributed by atoms with Crippen molar-refractivity contribution in [2.24, 2.45) is 17.8 Å². The number of phenols is 2. The van der Waals surface area contributed by atoms with Crippen LogP contribution in [0.15, 0.2) is 58.2 Å². The molecule has 0 aromatic heterocycles. The second-order valence-corrected chi connectivity index (χ2v) is 14.7. The van der Waals surface area contributed by atoms with Crippen LogP contribution in [0, 0.1) is 17.8 Å². The summed E-state index contributed by atoms with van der Waals surface area (Å²) in [6.07, 6.45) is 10.7. The molecule has 8 heteroatoms. The number of aliphatic hydroxyl groups excluding tert-OH is 1. The number of hydrogen-bond acceptors (Lipinski definition) is 7. The van der Waals surface area contributed by atoms with Crippen LogP contribution in [0.5, 0.6) is 17.2 Å². The Kier molecular flexibility index (Phi) is 9.43. The summed E-state index contributed by atoms with van der Waals surface area (Å²) in [5, 5.41) is 45.1. The highest BCUT2D eigenvalue weighted by atomic mass is 16.6. The molecule has 254 valence electrons. The maximum Gasteiger partial charge on any atom is 0.330 e. The summed E-state index contributed by atoms with van der Waals surface area (Å²) in [5.74, 6) is -2.56. The van der Waals surface area contributed by atoms with Crippen molar-refractivity contribution in [3.05, 3.63) is 74.9 Å². The number of hydrogen-bond donors (Lipinski definition) is 4. The molecule has 47 heavy (non-hydrogen) atoms. The molecule has 5 aliphatic rings. The number of aromatic hydroxyl groups is 2. The summed E-state index contributed by atoms with van der Waals surface area (Å²) in [6, 6.07) is 0. The third-order valence-corrected chi connectivity index (χ3v) is 10.6. The number of phenolic OH excluding ortho intramolecular Hbond substituents is 2. The van der Waals surface area contributed by atoms with Gasteiger partial charge in [-0.1, -0.05) is 60.9 Å². The molecule has 3 aliphatic carbocycles. The lowest BCUT2D eigenvalue weighted by Gasteiger charge is -2.59. The summed E-state index contributed by atoms with van der Waals surface area (Å²) in [7, 11) is 0. The summed E-state index contributed by atoms with van der Waals surface area (Å²) >= 11 is 0. The van der Waals surface area contributed by atoms with Gasteiger partial charge in [-0.05, 0) is 79.6 Å². The van der Waals surface area contributed by atoms with Crippen LogP contribution in [0.1, 0.15) is 103 Å². The molecule has 2 aliphatic heterocycles. The zero-order valence-electron chi connectivity index (χ0n) is 28.9. The Bertz CT molecular complexity index is 1630. The number of aliphatic carboxylic acids is 1. The van der Waals surface area contributed by atoms with Crippen molar-refractivity contribution in [3.8, 4) is 17.2 Å². The van der Waals surface area contributed by atoms with Gasteiger partial charge in [0.1, 0.15) is 28.4 Å². The molecule has 4 bridgehead atoms. The Morgan fingerprint density at radius 1 is 0.979 bits per heavy atom. The first-order chi connectivity index (χ1) is 22.1. The normalized spacial score (nSPS) is 29.2. The number of carbonyl (C=O) groups excluding carboxylic acids is 1. The van der Waals surface area contributed by atoms with E-state index in [1.54, 1.807) is 6.08 Å². The molecule has 6 rings (SSSR count). The molecule has 8 nitrogen and oxygen atoms in total. The van der Waals surface area contributed by atoms with Crippen molar-refractivity contribution in [2.75, 3.05) is 0 Å². The molecule has 2 heterocycles. The van der Waals surface area contributed by atoms with Crippen molar-refractivity contribution in [1.29, 1.82) is 0 Å². The molecule has 0 amide bonds. The molecule has 1 spiro atoms. The number of benzene rings is 1. The zero-order valence-corrected chi connectivity index (χ0v) is 28.9. The van der Waals surface area contributed by atoms with Crippen molar-refractivity contribution in [2.45, 2.75) is 117 Å². The van der Waals surface area contributed by atoms with E-state index >= 15 is 0 Å². The number of Topliss-reactive ketones (excluding diaryl/α,β-unsaturated/α-hetero) is 1. The first-order valence-electron chi connectivity index (χ1n) is 16.8. The van der Waals surface area contributed by atoms with Gasteiger partial charge in [-0.25, -0.2) is 4.79 Å². The quantitative estimate of drug-likeness (QED) is 0.145. The second kappa shape index (κ2) is 12.8. The summed E-state index contributed by atoms with van der Waals surface area (Å²) in [6.45, 7) is 15.6. The lowest BCUT2D eigenvalue weighted by molar-refractivity contribution is -0.198. The van der Waals surface area contributed by atoms with Gasteiger partial charge < -0.3 is 29.9 Å². The fourth-order valence-electron chi connectivity index (χ4n) is 8.10. The number of carboxylic acids is 1. The average molecular weight is 647 g/mol.